The number of nitrogens with one attached hydrogen (secondary N) is 1. The fourth-order valence-corrected chi connectivity index (χ4v) is 3.84. The molecule has 0 bridgehead atoms. The van der Waals surface area contributed by atoms with Crippen molar-refractivity contribution in [3.63, 3.8) is 0 Å². The zero-order valence-electron chi connectivity index (χ0n) is 22.5. The Kier molecular flexibility index (Phi) is 12.7. The molecule has 0 fully saturated rings. The molecule has 1 rings (SSSR count). The second kappa shape index (κ2) is 14.7. The molecule has 198 valence electrons. The summed E-state index contributed by atoms with van der Waals surface area (Å²) in [4.78, 5) is 33.6. The number of aliphatic hydroxyl groups is 1. The van der Waals surface area contributed by atoms with Gasteiger partial charge in [-0.1, -0.05) is 26.0 Å². The van der Waals surface area contributed by atoms with E-state index in [9.17, 15) is 14.7 Å². The lowest BCUT2D eigenvalue weighted by molar-refractivity contribution is -0.158. The Morgan fingerprint density at radius 3 is 2.49 bits per heavy atom. The SMILES string of the molecule is CC/C=C\[C@H](C(C)/N=C\NC(=O)OC(C)(C)C)[C@H](C)OC(=O)C(CC)C(CO)Cc1cncn1C. The fraction of sp³-hybridized carbons (Fsp3) is 0.692. The first-order chi connectivity index (χ1) is 16.4. The first kappa shape index (κ1) is 30.4. The second-order valence-electron chi connectivity index (χ2n) is 9.88. The van der Waals surface area contributed by atoms with Crippen LogP contribution in [-0.2, 0) is 27.7 Å². The molecule has 0 saturated carbocycles. The lowest BCUT2D eigenvalue weighted by atomic mass is 9.86. The summed E-state index contributed by atoms with van der Waals surface area (Å²) in [7, 11) is 1.89. The van der Waals surface area contributed by atoms with Crippen LogP contribution in [-0.4, -0.2) is 57.4 Å². The molecule has 2 N–H and O–H groups in total. The Morgan fingerprint density at radius 2 is 1.97 bits per heavy atom. The Bertz CT molecular complexity index is 843. The number of hydrogen-bond donors (Lipinski definition) is 2. The van der Waals surface area contributed by atoms with Crippen LogP contribution in [0.25, 0.3) is 0 Å². The molecule has 0 spiro atoms. The van der Waals surface area contributed by atoms with Crippen molar-refractivity contribution in [3.05, 3.63) is 30.4 Å². The van der Waals surface area contributed by atoms with Crippen molar-refractivity contribution in [2.24, 2.45) is 29.8 Å². The number of amides is 1. The number of allylic oxidation sites excluding steroid dienone is 1. The Hall–Kier alpha value is -2.68. The van der Waals surface area contributed by atoms with E-state index in [1.807, 2.05) is 51.5 Å². The molecule has 9 heteroatoms. The molecule has 0 saturated heterocycles. The van der Waals surface area contributed by atoms with Crippen molar-refractivity contribution in [1.29, 1.82) is 0 Å². The molecule has 1 amide bonds. The highest BCUT2D eigenvalue weighted by atomic mass is 16.6. The number of aliphatic imine (C=N–C) groups is 1. The van der Waals surface area contributed by atoms with Crippen LogP contribution in [0.1, 0.15) is 67.0 Å². The molecular formula is C26H44N4O5. The number of carbonyl (C=O) groups is 2. The maximum absolute atomic E-state index is 13.1. The fourth-order valence-electron chi connectivity index (χ4n) is 3.84. The van der Waals surface area contributed by atoms with Gasteiger partial charge in [-0.25, -0.2) is 9.78 Å². The van der Waals surface area contributed by atoms with Crippen LogP contribution in [0.3, 0.4) is 0 Å². The quantitative estimate of drug-likeness (QED) is 0.186. The molecule has 3 unspecified atom stereocenters. The predicted octanol–water partition coefficient (Wildman–Crippen LogP) is 4.05. The van der Waals surface area contributed by atoms with Crippen molar-refractivity contribution in [3.8, 4) is 0 Å². The van der Waals surface area contributed by atoms with E-state index in [1.54, 1.807) is 33.3 Å². The normalized spacial score (nSPS) is 16.6. The van der Waals surface area contributed by atoms with Gasteiger partial charge in [0.05, 0.1) is 24.6 Å². The van der Waals surface area contributed by atoms with E-state index in [2.05, 4.69) is 15.3 Å². The summed E-state index contributed by atoms with van der Waals surface area (Å²) in [5.74, 6) is -1.24. The van der Waals surface area contributed by atoms with E-state index in [-0.39, 0.29) is 30.5 Å². The number of alkyl carbamates (subject to hydrolysis) is 1. The van der Waals surface area contributed by atoms with Gasteiger partial charge in [-0.2, -0.15) is 0 Å². The van der Waals surface area contributed by atoms with Crippen LogP contribution in [0, 0.1) is 17.8 Å². The van der Waals surface area contributed by atoms with Crippen LogP contribution < -0.4 is 5.32 Å². The van der Waals surface area contributed by atoms with Gasteiger partial charge in [0, 0.05) is 37.4 Å². The highest BCUT2D eigenvalue weighted by molar-refractivity contribution is 5.82. The van der Waals surface area contributed by atoms with Gasteiger partial charge in [-0.05, 0) is 53.9 Å². The average molecular weight is 493 g/mol. The van der Waals surface area contributed by atoms with E-state index in [1.165, 1.54) is 6.34 Å². The third-order valence-corrected chi connectivity index (χ3v) is 5.82. The molecule has 0 aliphatic carbocycles. The van der Waals surface area contributed by atoms with Gasteiger partial charge in [-0.15, -0.1) is 0 Å². The lowest BCUT2D eigenvalue weighted by Gasteiger charge is -2.29. The maximum Gasteiger partial charge on any atom is 0.412 e. The monoisotopic (exact) mass is 492 g/mol. The number of aliphatic hydroxyl groups excluding tert-OH is 1. The Labute approximate surface area is 210 Å². The molecule has 1 aromatic rings. The standard InChI is InChI=1S/C26H44N4O5/c1-9-11-12-23(18(3)28-16-29-25(33)35-26(5,6)7)19(4)34-24(32)22(10-2)20(15-31)13-21-14-27-17-30(21)8/h11-12,14,16-20,22-23,31H,9-10,13,15H2,1-8H3,(H,28,29,33)/b12-11-/t18?,19-,20?,22?,23+/m0/s1. The van der Waals surface area contributed by atoms with Gasteiger partial charge in [0.2, 0.25) is 0 Å². The number of imidazole rings is 1. The molecule has 1 heterocycles. The van der Waals surface area contributed by atoms with E-state index in [0.29, 0.717) is 12.8 Å². The molecule has 5 atom stereocenters. The highest BCUT2D eigenvalue weighted by Gasteiger charge is 2.32. The summed E-state index contributed by atoms with van der Waals surface area (Å²) in [6.07, 6.45) is 9.67. The van der Waals surface area contributed by atoms with E-state index >= 15 is 0 Å². The van der Waals surface area contributed by atoms with Crippen LogP contribution >= 0.6 is 0 Å². The number of nitrogens with zero attached hydrogens (tertiary/aromatic N) is 3. The molecule has 35 heavy (non-hydrogen) atoms. The Morgan fingerprint density at radius 1 is 1.29 bits per heavy atom. The van der Waals surface area contributed by atoms with Gasteiger partial charge < -0.3 is 19.1 Å². The molecular weight excluding hydrogens is 448 g/mol. The molecule has 9 nitrogen and oxygen atoms in total. The van der Waals surface area contributed by atoms with Crippen LogP contribution in [0.5, 0.6) is 0 Å². The third kappa shape index (κ3) is 10.6. The van der Waals surface area contributed by atoms with Gasteiger partial charge in [0.25, 0.3) is 0 Å². The summed E-state index contributed by atoms with van der Waals surface area (Å²) < 4.78 is 13.0. The Balaban J connectivity index is 2.87. The number of esters is 1. The van der Waals surface area contributed by atoms with Gasteiger partial charge >= 0.3 is 12.1 Å². The second-order valence-corrected chi connectivity index (χ2v) is 9.88. The molecule has 0 aliphatic rings. The zero-order valence-corrected chi connectivity index (χ0v) is 22.5. The number of carbonyl (C=O) groups excluding carboxylic acids is 2. The minimum Gasteiger partial charge on any atom is -0.462 e. The first-order valence-electron chi connectivity index (χ1n) is 12.4. The highest BCUT2D eigenvalue weighted by Crippen LogP contribution is 2.25. The zero-order chi connectivity index (χ0) is 26.6. The number of aryl methyl sites for hydroxylation is 1. The summed E-state index contributed by atoms with van der Waals surface area (Å²) in [5.41, 5.74) is 0.352. The van der Waals surface area contributed by atoms with Crippen molar-refractivity contribution in [1.82, 2.24) is 14.9 Å². The smallest absolute Gasteiger partial charge is 0.412 e. The van der Waals surface area contributed by atoms with E-state index in [4.69, 9.17) is 9.47 Å². The summed E-state index contributed by atoms with van der Waals surface area (Å²) in [6.45, 7) is 12.9. The lowest BCUT2D eigenvalue weighted by Crippen LogP contribution is -2.36. The first-order valence-corrected chi connectivity index (χ1v) is 12.4. The van der Waals surface area contributed by atoms with Gasteiger partial charge in [0.15, 0.2) is 0 Å². The van der Waals surface area contributed by atoms with E-state index in [0.717, 1.165) is 12.1 Å². The number of rotatable bonds is 13. The average Bonchev–Trinajstić information content (AvgIpc) is 3.16. The molecule has 0 radical (unpaired) electrons. The van der Waals surface area contributed by atoms with E-state index < -0.39 is 23.7 Å². The summed E-state index contributed by atoms with van der Waals surface area (Å²) in [5, 5.41) is 12.5. The topological polar surface area (TPSA) is 115 Å². The van der Waals surface area contributed by atoms with Crippen LogP contribution in [0.2, 0.25) is 0 Å². The third-order valence-electron chi connectivity index (χ3n) is 5.82. The molecule has 0 aliphatic heterocycles. The predicted molar refractivity (Wildman–Crippen MR) is 137 cm³/mol. The minimum atomic E-state index is -0.600. The number of hydrogen-bond acceptors (Lipinski definition) is 7. The van der Waals surface area contributed by atoms with Crippen LogP contribution in [0.15, 0.2) is 29.7 Å². The minimum absolute atomic E-state index is 0.122. The van der Waals surface area contributed by atoms with Gasteiger partial charge in [-0.3, -0.25) is 15.1 Å². The van der Waals surface area contributed by atoms with Crippen LogP contribution in [0.4, 0.5) is 4.79 Å². The summed E-state index contributed by atoms with van der Waals surface area (Å²) in [6, 6.07) is -0.265. The number of ether oxygens (including phenoxy) is 2. The van der Waals surface area contributed by atoms with Crippen molar-refractivity contribution >= 4 is 18.4 Å². The number of aromatic nitrogens is 2. The van der Waals surface area contributed by atoms with Crippen molar-refractivity contribution in [2.45, 2.75) is 85.5 Å². The summed E-state index contributed by atoms with van der Waals surface area (Å²) >= 11 is 0. The molecule has 0 aromatic carbocycles. The van der Waals surface area contributed by atoms with Crippen molar-refractivity contribution in [2.75, 3.05) is 6.61 Å². The largest absolute Gasteiger partial charge is 0.462 e. The molecule has 1 aromatic heterocycles. The van der Waals surface area contributed by atoms with Crippen molar-refractivity contribution < 1.29 is 24.2 Å². The van der Waals surface area contributed by atoms with Gasteiger partial charge in [0.1, 0.15) is 11.7 Å². The maximum atomic E-state index is 13.1.